The molecule has 0 aliphatic rings. The quantitative estimate of drug-likeness (QED) is 0.788. The van der Waals surface area contributed by atoms with Crippen molar-refractivity contribution in [2.24, 2.45) is 5.90 Å². The molecule has 1 unspecified atom stereocenters. The molecular weight excluding hydrogens is 218 g/mol. The highest BCUT2D eigenvalue weighted by atomic mass is 16.6. The van der Waals surface area contributed by atoms with E-state index in [0.717, 1.165) is 5.56 Å². The molecule has 96 valence electrons. The minimum absolute atomic E-state index is 0.0182. The number of aliphatic hydroxyl groups is 1. The van der Waals surface area contributed by atoms with E-state index in [1.165, 1.54) is 0 Å². The Kier molecular flexibility index (Phi) is 4.51. The van der Waals surface area contributed by atoms with Crippen LogP contribution in [0.4, 0.5) is 0 Å². The van der Waals surface area contributed by atoms with Crippen molar-refractivity contribution in [1.82, 2.24) is 0 Å². The molecule has 1 aromatic carbocycles. The molecule has 0 aliphatic carbocycles. The van der Waals surface area contributed by atoms with Gasteiger partial charge in [-0.2, -0.15) is 0 Å². The third-order valence-electron chi connectivity index (χ3n) is 2.71. The molecule has 1 atom stereocenters. The number of ether oxygens (including phenoxy) is 1. The van der Waals surface area contributed by atoms with Crippen molar-refractivity contribution >= 4 is 0 Å². The maximum absolute atomic E-state index is 9.94. The van der Waals surface area contributed by atoms with E-state index in [4.69, 9.17) is 10.6 Å². The summed E-state index contributed by atoms with van der Waals surface area (Å²) in [6.07, 6.45) is -0.780. The summed E-state index contributed by atoms with van der Waals surface area (Å²) in [5.41, 5.74) is 1.85. The van der Waals surface area contributed by atoms with Gasteiger partial charge in [0, 0.05) is 5.56 Å². The Morgan fingerprint density at radius 1 is 1.35 bits per heavy atom. The summed E-state index contributed by atoms with van der Waals surface area (Å²) in [7, 11) is 1.58. The van der Waals surface area contributed by atoms with E-state index >= 15 is 0 Å². The molecule has 0 saturated carbocycles. The zero-order chi connectivity index (χ0) is 13.1. The van der Waals surface area contributed by atoms with Crippen LogP contribution in [0, 0.1) is 0 Å². The summed E-state index contributed by atoms with van der Waals surface area (Å²) in [6.45, 7) is 6.39. The Bertz CT molecular complexity index is 371. The van der Waals surface area contributed by atoms with E-state index in [0.29, 0.717) is 11.3 Å². The number of hydrogen-bond donors (Lipinski definition) is 2. The first-order valence-corrected chi connectivity index (χ1v) is 5.58. The molecule has 4 heteroatoms. The standard InChI is InChI=1S/C13H21NO3/c1-13(2,3)9-5-6-12(16-4)10(7-9)11(15)8-17-14/h5-7,11,15H,8,14H2,1-4H3. The van der Waals surface area contributed by atoms with E-state index in [1.54, 1.807) is 7.11 Å². The molecule has 0 saturated heterocycles. The lowest BCUT2D eigenvalue weighted by Gasteiger charge is -2.22. The van der Waals surface area contributed by atoms with Crippen LogP contribution >= 0.6 is 0 Å². The van der Waals surface area contributed by atoms with Crippen molar-refractivity contribution in [1.29, 1.82) is 0 Å². The van der Waals surface area contributed by atoms with Crippen LogP contribution in [0.3, 0.4) is 0 Å². The molecule has 0 aromatic heterocycles. The lowest BCUT2D eigenvalue weighted by Crippen LogP contribution is -2.15. The normalized spacial score (nSPS) is 13.5. The molecule has 17 heavy (non-hydrogen) atoms. The highest BCUT2D eigenvalue weighted by Gasteiger charge is 2.19. The van der Waals surface area contributed by atoms with Crippen LogP contribution in [-0.2, 0) is 10.3 Å². The van der Waals surface area contributed by atoms with Gasteiger partial charge in [-0.1, -0.05) is 26.8 Å². The fourth-order valence-corrected chi connectivity index (χ4v) is 1.64. The van der Waals surface area contributed by atoms with Crippen LogP contribution in [0.15, 0.2) is 18.2 Å². The minimum atomic E-state index is -0.780. The highest BCUT2D eigenvalue weighted by Crippen LogP contribution is 2.31. The van der Waals surface area contributed by atoms with Crippen molar-refractivity contribution in [2.45, 2.75) is 32.3 Å². The van der Waals surface area contributed by atoms with Crippen LogP contribution in [-0.4, -0.2) is 18.8 Å². The molecule has 0 fully saturated rings. The average Bonchev–Trinajstić information content (AvgIpc) is 2.27. The maximum atomic E-state index is 9.94. The van der Waals surface area contributed by atoms with Crippen molar-refractivity contribution < 1.29 is 14.7 Å². The molecule has 0 aliphatic heterocycles. The largest absolute Gasteiger partial charge is 0.496 e. The zero-order valence-corrected chi connectivity index (χ0v) is 10.9. The van der Waals surface area contributed by atoms with E-state index in [1.807, 2.05) is 18.2 Å². The molecular formula is C13H21NO3. The third-order valence-corrected chi connectivity index (χ3v) is 2.71. The lowest BCUT2D eigenvalue weighted by atomic mass is 9.85. The molecule has 0 bridgehead atoms. The SMILES string of the molecule is COc1ccc(C(C)(C)C)cc1C(O)CON. The van der Waals surface area contributed by atoms with Crippen molar-refractivity contribution in [3.05, 3.63) is 29.3 Å². The molecule has 0 heterocycles. The average molecular weight is 239 g/mol. The summed E-state index contributed by atoms with van der Waals surface area (Å²) in [5, 5.41) is 9.94. The van der Waals surface area contributed by atoms with Crippen molar-refractivity contribution in [3.63, 3.8) is 0 Å². The Labute approximate surface area is 102 Å². The Hall–Kier alpha value is -1.10. The molecule has 4 nitrogen and oxygen atoms in total. The number of hydrogen-bond acceptors (Lipinski definition) is 4. The number of rotatable bonds is 4. The number of aliphatic hydroxyl groups excluding tert-OH is 1. The van der Waals surface area contributed by atoms with Gasteiger partial charge in [0.1, 0.15) is 11.9 Å². The first-order chi connectivity index (χ1) is 7.90. The first kappa shape index (κ1) is 14.0. The first-order valence-electron chi connectivity index (χ1n) is 5.58. The van der Waals surface area contributed by atoms with Gasteiger partial charge in [-0.05, 0) is 23.1 Å². The molecule has 3 N–H and O–H groups in total. The van der Waals surface area contributed by atoms with Gasteiger partial charge in [-0.3, -0.25) is 0 Å². The Morgan fingerprint density at radius 3 is 2.47 bits per heavy atom. The van der Waals surface area contributed by atoms with Crippen LogP contribution < -0.4 is 10.6 Å². The second-order valence-electron chi connectivity index (χ2n) is 5.06. The summed E-state index contributed by atoms with van der Waals surface area (Å²) in [4.78, 5) is 4.48. The molecule has 1 aromatic rings. The number of nitrogens with two attached hydrogens (primary N) is 1. The molecule has 0 radical (unpaired) electrons. The van der Waals surface area contributed by atoms with E-state index in [9.17, 15) is 5.11 Å². The van der Waals surface area contributed by atoms with Gasteiger partial charge < -0.3 is 14.7 Å². The lowest BCUT2D eigenvalue weighted by molar-refractivity contribution is 0.0346. The van der Waals surface area contributed by atoms with Crippen LogP contribution in [0.2, 0.25) is 0 Å². The van der Waals surface area contributed by atoms with E-state index in [-0.39, 0.29) is 12.0 Å². The topological polar surface area (TPSA) is 64.7 Å². The van der Waals surface area contributed by atoms with Crippen molar-refractivity contribution in [2.75, 3.05) is 13.7 Å². The summed E-state index contributed by atoms with van der Waals surface area (Å²) in [5.74, 6) is 5.62. The van der Waals surface area contributed by atoms with Gasteiger partial charge in [0.05, 0.1) is 13.7 Å². The predicted molar refractivity (Wildman–Crippen MR) is 66.8 cm³/mol. The zero-order valence-electron chi connectivity index (χ0n) is 10.9. The molecule has 0 spiro atoms. The molecule has 0 amide bonds. The van der Waals surface area contributed by atoms with Gasteiger partial charge in [0.25, 0.3) is 0 Å². The van der Waals surface area contributed by atoms with Gasteiger partial charge in [0.2, 0.25) is 0 Å². The molecule has 1 rings (SSSR count). The second kappa shape index (κ2) is 5.49. The van der Waals surface area contributed by atoms with E-state index in [2.05, 4.69) is 25.6 Å². The summed E-state index contributed by atoms with van der Waals surface area (Å²) in [6, 6.07) is 5.79. The van der Waals surface area contributed by atoms with Crippen molar-refractivity contribution in [3.8, 4) is 5.75 Å². The third kappa shape index (κ3) is 3.43. The van der Waals surface area contributed by atoms with Gasteiger partial charge in [0.15, 0.2) is 0 Å². The number of methoxy groups -OCH3 is 1. The monoisotopic (exact) mass is 239 g/mol. The fraction of sp³-hybridized carbons (Fsp3) is 0.538. The van der Waals surface area contributed by atoms with Gasteiger partial charge in [-0.25, -0.2) is 5.90 Å². The summed E-state index contributed by atoms with van der Waals surface area (Å²) >= 11 is 0. The van der Waals surface area contributed by atoms with Crippen LogP contribution in [0.5, 0.6) is 5.75 Å². The fourth-order valence-electron chi connectivity index (χ4n) is 1.64. The predicted octanol–water partition coefficient (Wildman–Crippen LogP) is 1.92. The second-order valence-corrected chi connectivity index (χ2v) is 5.06. The van der Waals surface area contributed by atoms with E-state index < -0.39 is 6.10 Å². The van der Waals surface area contributed by atoms with Gasteiger partial charge >= 0.3 is 0 Å². The minimum Gasteiger partial charge on any atom is -0.496 e. The van der Waals surface area contributed by atoms with Crippen LogP contribution in [0.1, 0.15) is 38.0 Å². The maximum Gasteiger partial charge on any atom is 0.124 e. The smallest absolute Gasteiger partial charge is 0.124 e. The highest BCUT2D eigenvalue weighted by molar-refractivity contribution is 5.41. The van der Waals surface area contributed by atoms with Gasteiger partial charge in [-0.15, -0.1) is 0 Å². The number of benzene rings is 1. The Morgan fingerprint density at radius 2 is 2.00 bits per heavy atom. The van der Waals surface area contributed by atoms with Crippen LogP contribution in [0.25, 0.3) is 0 Å². The Balaban J connectivity index is 3.15. The summed E-state index contributed by atoms with van der Waals surface area (Å²) < 4.78 is 5.22.